The van der Waals surface area contributed by atoms with Crippen LogP contribution in [0, 0.1) is 11.3 Å². The Morgan fingerprint density at radius 2 is 2.19 bits per heavy atom. The Hall–Kier alpha value is -1.56. The molecule has 1 aliphatic rings. The molecule has 0 bridgehead atoms. The third-order valence-corrected chi connectivity index (χ3v) is 3.28. The smallest absolute Gasteiger partial charge is 0.128 e. The molecule has 84 valence electrons. The Labute approximate surface area is 96.7 Å². The third-order valence-electron chi connectivity index (χ3n) is 3.28. The van der Waals surface area contributed by atoms with Gasteiger partial charge in [-0.05, 0) is 31.9 Å². The largest absolute Gasteiger partial charge is 0.354 e. The van der Waals surface area contributed by atoms with Crippen LogP contribution < -0.4 is 4.90 Å². The molecule has 0 aliphatic heterocycles. The molecule has 0 amide bonds. The SMILES string of the molecule is CCN(c1ccc(C#N)cn1)C1CCCC1. The molecule has 0 radical (unpaired) electrons. The van der Waals surface area contributed by atoms with E-state index in [0.29, 0.717) is 11.6 Å². The summed E-state index contributed by atoms with van der Waals surface area (Å²) in [4.78, 5) is 6.72. The molecule has 1 aromatic heterocycles. The van der Waals surface area contributed by atoms with Gasteiger partial charge in [-0.3, -0.25) is 0 Å². The van der Waals surface area contributed by atoms with E-state index < -0.39 is 0 Å². The van der Waals surface area contributed by atoms with Gasteiger partial charge in [-0.1, -0.05) is 12.8 Å². The van der Waals surface area contributed by atoms with Crippen molar-refractivity contribution < 1.29 is 0 Å². The van der Waals surface area contributed by atoms with E-state index >= 15 is 0 Å². The number of hydrogen-bond acceptors (Lipinski definition) is 3. The summed E-state index contributed by atoms with van der Waals surface area (Å²) in [6.45, 7) is 3.15. The molecule has 1 heterocycles. The zero-order chi connectivity index (χ0) is 11.4. The van der Waals surface area contributed by atoms with E-state index in [1.165, 1.54) is 25.7 Å². The van der Waals surface area contributed by atoms with Crippen LogP contribution >= 0.6 is 0 Å². The molecule has 0 N–H and O–H groups in total. The summed E-state index contributed by atoms with van der Waals surface area (Å²) in [5.41, 5.74) is 0.631. The Balaban J connectivity index is 2.16. The molecule has 1 fully saturated rings. The first-order valence-corrected chi connectivity index (χ1v) is 5.98. The molecule has 0 unspecified atom stereocenters. The van der Waals surface area contributed by atoms with Crippen molar-refractivity contribution in [3.05, 3.63) is 23.9 Å². The van der Waals surface area contributed by atoms with Crippen molar-refractivity contribution in [2.45, 2.75) is 38.6 Å². The van der Waals surface area contributed by atoms with Crippen molar-refractivity contribution in [3.8, 4) is 6.07 Å². The summed E-state index contributed by atoms with van der Waals surface area (Å²) in [6, 6.07) is 6.55. The van der Waals surface area contributed by atoms with E-state index in [1.807, 2.05) is 12.1 Å². The average molecular weight is 215 g/mol. The monoisotopic (exact) mass is 215 g/mol. The summed E-state index contributed by atoms with van der Waals surface area (Å²) in [6.07, 6.45) is 6.87. The van der Waals surface area contributed by atoms with Gasteiger partial charge in [-0.25, -0.2) is 4.98 Å². The molecule has 1 aliphatic carbocycles. The quantitative estimate of drug-likeness (QED) is 0.778. The predicted molar refractivity (Wildman–Crippen MR) is 64.2 cm³/mol. The Bertz CT molecular complexity index is 371. The van der Waals surface area contributed by atoms with Crippen LogP contribution in [-0.2, 0) is 0 Å². The van der Waals surface area contributed by atoms with Gasteiger partial charge in [0.2, 0.25) is 0 Å². The van der Waals surface area contributed by atoms with Crippen LogP contribution in [0.5, 0.6) is 0 Å². The summed E-state index contributed by atoms with van der Waals surface area (Å²) < 4.78 is 0. The minimum absolute atomic E-state index is 0.631. The second-order valence-corrected chi connectivity index (χ2v) is 4.24. The molecule has 0 saturated heterocycles. The van der Waals surface area contributed by atoms with Crippen molar-refractivity contribution in [1.82, 2.24) is 4.98 Å². The zero-order valence-corrected chi connectivity index (χ0v) is 9.69. The third kappa shape index (κ3) is 2.16. The molecule has 1 saturated carbocycles. The van der Waals surface area contributed by atoms with Crippen molar-refractivity contribution in [1.29, 1.82) is 5.26 Å². The highest BCUT2D eigenvalue weighted by molar-refractivity contribution is 5.42. The predicted octanol–water partition coefficient (Wildman–Crippen LogP) is 2.72. The van der Waals surface area contributed by atoms with Gasteiger partial charge in [0, 0.05) is 18.8 Å². The van der Waals surface area contributed by atoms with E-state index in [9.17, 15) is 0 Å². The summed E-state index contributed by atoms with van der Waals surface area (Å²) in [7, 11) is 0. The van der Waals surface area contributed by atoms with Crippen LogP contribution in [0.15, 0.2) is 18.3 Å². The maximum Gasteiger partial charge on any atom is 0.128 e. The summed E-state index contributed by atoms with van der Waals surface area (Å²) >= 11 is 0. The molecule has 0 spiro atoms. The second kappa shape index (κ2) is 4.98. The Morgan fingerprint density at radius 3 is 2.69 bits per heavy atom. The minimum atomic E-state index is 0.631. The standard InChI is InChI=1S/C13H17N3/c1-2-16(12-5-3-4-6-12)13-8-7-11(9-14)10-15-13/h7-8,10,12H,2-6H2,1H3. The Morgan fingerprint density at radius 1 is 1.44 bits per heavy atom. The average Bonchev–Trinajstić information content (AvgIpc) is 2.85. The van der Waals surface area contributed by atoms with Crippen LogP contribution in [-0.4, -0.2) is 17.6 Å². The van der Waals surface area contributed by atoms with Crippen LogP contribution in [0.1, 0.15) is 38.2 Å². The number of rotatable bonds is 3. The van der Waals surface area contributed by atoms with E-state index in [2.05, 4.69) is 22.9 Å². The number of hydrogen-bond donors (Lipinski definition) is 0. The maximum absolute atomic E-state index is 8.73. The van der Waals surface area contributed by atoms with Gasteiger partial charge in [-0.2, -0.15) is 5.26 Å². The molecular formula is C13H17N3. The molecule has 2 rings (SSSR count). The molecule has 0 atom stereocenters. The molecule has 3 heteroatoms. The summed E-state index contributed by atoms with van der Waals surface area (Å²) in [5.74, 6) is 1.01. The lowest BCUT2D eigenvalue weighted by atomic mass is 10.2. The van der Waals surface area contributed by atoms with Crippen LogP contribution in [0.3, 0.4) is 0 Å². The van der Waals surface area contributed by atoms with Gasteiger partial charge >= 0.3 is 0 Å². The molecule has 16 heavy (non-hydrogen) atoms. The number of nitrogens with zero attached hydrogens (tertiary/aromatic N) is 3. The lowest BCUT2D eigenvalue weighted by Gasteiger charge is -2.28. The van der Waals surface area contributed by atoms with Crippen molar-refractivity contribution in [2.75, 3.05) is 11.4 Å². The fourth-order valence-electron chi connectivity index (χ4n) is 2.45. The minimum Gasteiger partial charge on any atom is -0.354 e. The van der Waals surface area contributed by atoms with Gasteiger partial charge in [0.25, 0.3) is 0 Å². The molecule has 3 nitrogen and oxygen atoms in total. The number of pyridine rings is 1. The summed E-state index contributed by atoms with van der Waals surface area (Å²) in [5, 5.41) is 8.73. The lowest BCUT2D eigenvalue weighted by molar-refractivity contribution is 0.613. The highest BCUT2D eigenvalue weighted by Gasteiger charge is 2.22. The maximum atomic E-state index is 8.73. The first-order chi connectivity index (χ1) is 7.85. The first kappa shape index (κ1) is 10.9. The van der Waals surface area contributed by atoms with Crippen LogP contribution in [0.2, 0.25) is 0 Å². The van der Waals surface area contributed by atoms with E-state index in [-0.39, 0.29) is 0 Å². The number of aromatic nitrogens is 1. The van der Waals surface area contributed by atoms with E-state index in [4.69, 9.17) is 5.26 Å². The van der Waals surface area contributed by atoms with Gasteiger partial charge in [0.15, 0.2) is 0 Å². The fraction of sp³-hybridized carbons (Fsp3) is 0.538. The lowest BCUT2D eigenvalue weighted by Crippen LogP contribution is -2.33. The van der Waals surface area contributed by atoms with Crippen molar-refractivity contribution >= 4 is 5.82 Å². The highest BCUT2D eigenvalue weighted by Crippen LogP contribution is 2.26. The van der Waals surface area contributed by atoms with Crippen LogP contribution in [0.4, 0.5) is 5.82 Å². The first-order valence-electron chi connectivity index (χ1n) is 5.98. The van der Waals surface area contributed by atoms with E-state index in [1.54, 1.807) is 6.20 Å². The van der Waals surface area contributed by atoms with Crippen molar-refractivity contribution in [3.63, 3.8) is 0 Å². The number of nitriles is 1. The Kier molecular flexibility index (Phi) is 3.40. The zero-order valence-electron chi connectivity index (χ0n) is 9.69. The molecular weight excluding hydrogens is 198 g/mol. The highest BCUT2D eigenvalue weighted by atomic mass is 15.2. The fourth-order valence-corrected chi connectivity index (χ4v) is 2.45. The second-order valence-electron chi connectivity index (χ2n) is 4.24. The molecule has 1 aromatic rings. The molecule has 0 aromatic carbocycles. The topological polar surface area (TPSA) is 39.9 Å². The van der Waals surface area contributed by atoms with Crippen LogP contribution in [0.25, 0.3) is 0 Å². The van der Waals surface area contributed by atoms with Crippen molar-refractivity contribution in [2.24, 2.45) is 0 Å². The van der Waals surface area contributed by atoms with Gasteiger partial charge in [0.05, 0.1) is 5.56 Å². The van der Waals surface area contributed by atoms with Gasteiger partial charge in [-0.15, -0.1) is 0 Å². The van der Waals surface area contributed by atoms with Gasteiger partial charge in [0.1, 0.15) is 11.9 Å². The van der Waals surface area contributed by atoms with E-state index in [0.717, 1.165) is 12.4 Å². The van der Waals surface area contributed by atoms with Gasteiger partial charge < -0.3 is 4.90 Å². The number of anilines is 1. The normalized spacial score (nSPS) is 16.0.